The van der Waals surface area contributed by atoms with Crippen LogP contribution in [0.4, 0.5) is 0 Å². The lowest BCUT2D eigenvalue weighted by atomic mass is 10.0. The number of carbonyl (C=O) groups is 2. The third-order valence-electron chi connectivity index (χ3n) is 2.34. The number of carboxylic acid groups (broad SMARTS) is 1. The average Bonchev–Trinajstić information content (AvgIpc) is 2.22. The van der Waals surface area contributed by atoms with Crippen molar-refractivity contribution in [3.8, 4) is 0 Å². The summed E-state index contributed by atoms with van der Waals surface area (Å²) in [4.78, 5) is 21.9. The van der Waals surface area contributed by atoms with Gasteiger partial charge in [-0.15, -0.1) is 0 Å². The lowest BCUT2D eigenvalue weighted by Gasteiger charge is -2.07. The molecule has 0 aliphatic rings. The molecule has 0 aliphatic heterocycles. The number of aliphatic carboxylic acids is 1. The fraction of sp³-hybridized carbons (Fsp3) is 0.333. The molecule has 17 heavy (non-hydrogen) atoms. The molecule has 1 aromatic carbocycles. The van der Waals surface area contributed by atoms with Crippen molar-refractivity contribution in [2.75, 3.05) is 13.2 Å². The summed E-state index contributed by atoms with van der Waals surface area (Å²) in [6.45, 7) is 3.00. The Bertz CT molecular complexity index is 454. The van der Waals surface area contributed by atoms with Crippen molar-refractivity contribution in [3.05, 3.63) is 33.8 Å². The van der Waals surface area contributed by atoms with Gasteiger partial charge in [-0.1, -0.05) is 11.6 Å². The number of halogens is 1. The molecule has 0 fully saturated rings. The highest BCUT2D eigenvalue weighted by molar-refractivity contribution is 6.34. The van der Waals surface area contributed by atoms with Crippen LogP contribution in [0.2, 0.25) is 5.02 Å². The second-order valence-corrected chi connectivity index (χ2v) is 4.13. The Morgan fingerprint density at radius 2 is 1.82 bits per heavy atom. The molecule has 0 radical (unpaired) electrons. The fourth-order valence-electron chi connectivity index (χ4n) is 1.30. The average molecular weight is 257 g/mol. The zero-order valence-electron chi connectivity index (χ0n) is 9.62. The van der Waals surface area contributed by atoms with Crippen LogP contribution in [0.15, 0.2) is 12.1 Å². The van der Waals surface area contributed by atoms with Gasteiger partial charge in [0.2, 0.25) is 0 Å². The van der Waals surface area contributed by atoms with E-state index in [1.54, 1.807) is 12.1 Å². The third kappa shape index (κ3) is 3.84. The smallest absolute Gasteiger partial charge is 0.329 e. The van der Waals surface area contributed by atoms with Crippen molar-refractivity contribution >= 4 is 23.4 Å². The molecule has 0 unspecified atom stereocenters. The molecule has 0 atom stereocenters. The third-order valence-corrected chi connectivity index (χ3v) is 2.66. The van der Waals surface area contributed by atoms with E-state index in [4.69, 9.17) is 21.4 Å². The molecule has 0 amide bonds. The summed E-state index contributed by atoms with van der Waals surface area (Å²) in [5, 5.41) is 8.73. The van der Waals surface area contributed by atoms with Crippen molar-refractivity contribution in [1.82, 2.24) is 0 Å². The van der Waals surface area contributed by atoms with Crippen LogP contribution < -0.4 is 0 Å². The van der Waals surface area contributed by atoms with Crippen molar-refractivity contribution in [1.29, 1.82) is 0 Å². The highest BCUT2D eigenvalue weighted by atomic mass is 35.5. The minimum absolute atomic E-state index is 0.283. The van der Waals surface area contributed by atoms with Gasteiger partial charge in [-0.2, -0.15) is 0 Å². The largest absolute Gasteiger partial charge is 0.480 e. The van der Waals surface area contributed by atoms with Gasteiger partial charge in [-0.25, -0.2) is 4.79 Å². The van der Waals surface area contributed by atoms with Gasteiger partial charge >= 0.3 is 5.97 Å². The highest BCUT2D eigenvalue weighted by Crippen LogP contribution is 2.21. The van der Waals surface area contributed by atoms with Gasteiger partial charge < -0.3 is 9.84 Å². The van der Waals surface area contributed by atoms with E-state index in [0.717, 1.165) is 11.1 Å². The first kappa shape index (κ1) is 13.7. The van der Waals surface area contributed by atoms with Crippen LogP contribution >= 0.6 is 11.6 Å². The van der Waals surface area contributed by atoms with Crippen molar-refractivity contribution in [2.24, 2.45) is 0 Å². The molecular weight excluding hydrogens is 244 g/mol. The van der Waals surface area contributed by atoms with Crippen LogP contribution in [0.25, 0.3) is 0 Å². The number of benzene rings is 1. The van der Waals surface area contributed by atoms with E-state index in [-0.39, 0.29) is 12.4 Å². The predicted molar refractivity (Wildman–Crippen MR) is 63.7 cm³/mol. The molecule has 0 bridgehead atoms. The van der Waals surface area contributed by atoms with Crippen LogP contribution in [0, 0.1) is 13.8 Å². The van der Waals surface area contributed by atoms with Crippen molar-refractivity contribution in [3.63, 3.8) is 0 Å². The Hall–Kier alpha value is -1.39. The minimum Gasteiger partial charge on any atom is -0.480 e. The summed E-state index contributed by atoms with van der Waals surface area (Å²) < 4.78 is 4.73. The summed E-state index contributed by atoms with van der Waals surface area (Å²) >= 11 is 5.95. The van der Waals surface area contributed by atoms with Crippen LogP contribution in [0.5, 0.6) is 0 Å². The van der Waals surface area contributed by atoms with Gasteiger partial charge in [0.05, 0.1) is 5.02 Å². The van der Waals surface area contributed by atoms with Crippen LogP contribution in [0.3, 0.4) is 0 Å². The molecule has 0 aromatic heterocycles. The van der Waals surface area contributed by atoms with E-state index in [1.165, 1.54) is 0 Å². The molecule has 1 rings (SSSR count). The molecule has 0 aliphatic carbocycles. The maximum absolute atomic E-state index is 11.7. The molecule has 0 saturated carbocycles. The Morgan fingerprint density at radius 1 is 1.24 bits per heavy atom. The number of rotatable bonds is 5. The van der Waals surface area contributed by atoms with E-state index < -0.39 is 12.6 Å². The van der Waals surface area contributed by atoms with E-state index in [1.807, 2.05) is 13.8 Å². The summed E-state index contributed by atoms with van der Waals surface area (Å²) in [7, 11) is 0. The SMILES string of the molecule is Cc1cc(Cl)c(C(=O)COCC(=O)O)cc1C. The number of carbonyl (C=O) groups excluding carboxylic acids is 1. The van der Waals surface area contributed by atoms with Crippen LogP contribution in [0.1, 0.15) is 21.5 Å². The lowest BCUT2D eigenvalue weighted by Crippen LogP contribution is -2.15. The molecule has 0 heterocycles. The molecule has 1 aromatic rings. The van der Waals surface area contributed by atoms with Crippen molar-refractivity contribution in [2.45, 2.75) is 13.8 Å². The second kappa shape index (κ2) is 5.80. The number of ether oxygens (including phenoxy) is 1. The summed E-state index contributed by atoms with van der Waals surface area (Å²) in [6, 6.07) is 3.39. The fourth-order valence-corrected chi connectivity index (χ4v) is 1.63. The molecule has 1 N–H and O–H groups in total. The summed E-state index contributed by atoms with van der Waals surface area (Å²) in [5.41, 5.74) is 2.31. The monoisotopic (exact) mass is 256 g/mol. The maximum atomic E-state index is 11.7. The zero-order valence-corrected chi connectivity index (χ0v) is 10.4. The Labute approximate surface area is 104 Å². The number of ketones is 1. The Kier molecular flexibility index (Phi) is 4.66. The van der Waals surface area contributed by atoms with Gasteiger partial charge in [0.1, 0.15) is 13.2 Å². The van der Waals surface area contributed by atoms with E-state index in [2.05, 4.69) is 0 Å². The summed E-state index contributed by atoms with van der Waals surface area (Å²) in [5.74, 6) is -1.43. The normalized spacial score (nSPS) is 10.3. The first-order valence-corrected chi connectivity index (χ1v) is 5.39. The van der Waals surface area contributed by atoms with Crippen LogP contribution in [-0.4, -0.2) is 30.1 Å². The van der Waals surface area contributed by atoms with Gasteiger partial charge in [-0.05, 0) is 37.1 Å². The lowest BCUT2D eigenvalue weighted by molar-refractivity contribution is -0.141. The van der Waals surface area contributed by atoms with Gasteiger partial charge in [-0.3, -0.25) is 4.79 Å². The molecular formula is C12H13ClO4. The van der Waals surface area contributed by atoms with Gasteiger partial charge in [0.25, 0.3) is 0 Å². The maximum Gasteiger partial charge on any atom is 0.329 e. The van der Waals surface area contributed by atoms with Crippen molar-refractivity contribution < 1.29 is 19.4 Å². The topological polar surface area (TPSA) is 63.6 Å². The predicted octanol–water partition coefficient (Wildman–Crippen LogP) is 2.24. The molecule has 0 saturated heterocycles. The molecule has 4 nitrogen and oxygen atoms in total. The molecule has 0 spiro atoms. The number of Topliss-reactive ketones (excluding diaryl/α,β-unsaturated/α-hetero) is 1. The molecule has 5 heteroatoms. The van der Waals surface area contributed by atoms with Gasteiger partial charge in [0, 0.05) is 5.56 Å². The first-order chi connectivity index (χ1) is 7.91. The summed E-state index contributed by atoms with van der Waals surface area (Å²) in [6.07, 6.45) is 0. The highest BCUT2D eigenvalue weighted by Gasteiger charge is 2.12. The molecule has 92 valence electrons. The quantitative estimate of drug-likeness (QED) is 0.821. The van der Waals surface area contributed by atoms with E-state index >= 15 is 0 Å². The van der Waals surface area contributed by atoms with E-state index in [9.17, 15) is 9.59 Å². The van der Waals surface area contributed by atoms with Gasteiger partial charge in [0.15, 0.2) is 5.78 Å². The Morgan fingerprint density at radius 3 is 2.41 bits per heavy atom. The number of hydrogen-bond acceptors (Lipinski definition) is 3. The Balaban J connectivity index is 2.75. The number of carboxylic acids is 1. The standard InChI is InChI=1S/C12H13ClO4/c1-7-3-9(10(13)4-8(7)2)11(14)5-17-6-12(15)16/h3-4H,5-6H2,1-2H3,(H,15,16). The number of hydrogen-bond donors (Lipinski definition) is 1. The second-order valence-electron chi connectivity index (χ2n) is 3.73. The number of aryl methyl sites for hydroxylation is 2. The van der Waals surface area contributed by atoms with Crippen LogP contribution in [-0.2, 0) is 9.53 Å². The zero-order chi connectivity index (χ0) is 13.0. The first-order valence-electron chi connectivity index (χ1n) is 5.01. The van der Waals surface area contributed by atoms with E-state index in [0.29, 0.717) is 10.6 Å². The minimum atomic E-state index is -1.11.